The standard InChI is InChI=1S/C13H23N3O4/c1-8-4-3-5-9(2)16(8)14-13(20)15-7-10(17)6-11(15)12(18)19/h8-11,17H,3-7H2,1-2H3,(H,14,20)(H,18,19). The third-order valence-corrected chi connectivity index (χ3v) is 4.24. The minimum absolute atomic E-state index is 0.0689. The molecule has 2 aliphatic rings. The highest BCUT2D eigenvalue weighted by atomic mass is 16.4. The number of carboxylic acids is 1. The average Bonchev–Trinajstić information content (AvgIpc) is 2.76. The van der Waals surface area contributed by atoms with Gasteiger partial charge in [0.2, 0.25) is 0 Å². The first-order chi connectivity index (χ1) is 9.40. The number of carboxylic acid groups (broad SMARTS) is 1. The smallest absolute Gasteiger partial charge is 0.332 e. The second-order valence-corrected chi connectivity index (χ2v) is 5.85. The van der Waals surface area contributed by atoms with E-state index >= 15 is 0 Å². The Kier molecular flexibility index (Phi) is 4.49. The van der Waals surface area contributed by atoms with Gasteiger partial charge in [0.1, 0.15) is 6.04 Å². The lowest BCUT2D eigenvalue weighted by Gasteiger charge is -2.39. The van der Waals surface area contributed by atoms with E-state index in [4.69, 9.17) is 5.11 Å². The Balaban J connectivity index is 2.01. The lowest BCUT2D eigenvalue weighted by atomic mass is 10.00. The summed E-state index contributed by atoms with van der Waals surface area (Å²) in [6.45, 7) is 4.16. The molecule has 2 saturated heterocycles. The Labute approximate surface area is 118 Å². The third-order valence-electron chi connectivity index (χ3n) is 4.24. The summed E-state index contributed by atoms with van der Waals surface area (Å²) in [6.07, 6.45) is 2.48. The van der Waals surface area contributed by atoms with Gasteiger partial charge in [-0.1, -0.05) is 6.42 Å². The molecule has 4 unspecified atom stereocenters. The summed E-state index contributed by atoms with van der Waals surface area (Å²) in [6, 6.07) is -0.910. The maximum absolute atomic E-state index is 12.3. The zero-order valence-electron chi connectivity index (χ0n) is 12.0. The van der Waals surface area contributed by atoms with Crippen LogP contribution >= 0.6 is 0 Å². The molecule has 0 spiro atoms. The van der Waals surface area contributed by atoms with Crippen LogP contribution in [0.4, 0.5) is 4.79 Å². The van der Waals surface area contributed by atoms with Gasteiger partial charge < -0.3 is 15.1 Å². The number of carbonyl (C=O) groups excluding carboxylic acids is 1. The van der Waals surface area contributed by atoms with Crippen molar-refractivity contribution in [2.75, 3.05) is 6.54 Å². The Morgan fingerprint density at radius 2 is 1.80 bits per heavy atom. The first-order valence-electron chi connectivity index (χ1n) is 7.16. The van der Waals surface area contributed by atoms with Gasteiger partial charge >= 0.3 is 12.0 Å². The molecule has 0 radical (unpaired) electrons. The van der Waals surface area contributed by atoms with Crippen molar-refractivity contribution in [3.63, 3.8) is 0 Å². The average molecular weight is 285 g/mol. The van der Waals surface area contributed by atoms with Crippen molar-refractivity contribution in [2.45, 2.75) is 63.8 Å². The van der Waals surface area contributed by atoms with E-state index in [0.717, 1.165) is 19.3 Å². The number of carbonyl (C=O) groups is 2. The molecule has 4 atom stereocenters. The number of aliphatic hydroxyl groups is 1. The summed E-state index contributed by atoms with van der Waals surface area (Å²) in [5.41, 5.74) is 2.81. The summed E-state index contributed by atoms with van der Waals surface area (Å²) in [7, 11) is 0. The monoisotopic (exact) mass is 285 g/mol. The molecule has 114 valence electrons. The molecule has 2 rings (SSSR count). The molecule has 2 fully saturated rings. The largest absolute Gasteiger partial charge is 0.480 e. The highest BCUT2D eigenvalue weighted by Gasteiger charge is 2.40. The number of hydrazine groups is 1. The topological polar surface area (TPSA) is 93.1 Å². The SMILES string of the molecule is CC1CCCC(C)N1NC(=O)N1CC(O)CC1C(=O)O. The van der Waals surface area contributed by atoms with Crippen LogP contribution < -0.4 is 5.43 Å². The summed E-state index contributed by atoms with van der Waals surface area (Å²) in [5.74, 6) is -1.07. The number of likely N-dealkylation sites (tertiary alicyclic amines) is 1. The molecule has 3 N–H and O–H groups in total. The Hall–Kier alpha value is -1.34. The molecule has 0 aromatic heterocycles. The quantitative estimate of drug-likeness (QED) is 0.682. The van der Waals surface area contributed by atoms with E-state index in [1.807, 2.05) is 18.9 Å². The number of amides is 2. The van der Waals surface area contributed by atoms with Crippen LogP contribution in [0, 0.1) is 0 Å². The lowest BCUT2D eigenvalue weighted by molar-refractivity contribution is -0.141. The lowest BCUT2D eigenvalue weighted by Crippen LogP contribution is -2.58. The van der Waals surface area contributed by atoms with Gasteiger partial charge in [0.05, 0.1) is 6.10 Å². The number of rotatable bonds is 2. The van der Waals surface area contributed by atoms with E-state index in [0.29, 0.717) is 0 Å². The van der Waals surface area contributed by atoms with Crippen molar-refractivity contribution in [1.82, 2.24) is 15.3 Å². The predicted molar refractivity (Wildman–Crippen MR) is 71.9 cm³/mol. The van der Waals surface area contributed by atoms with Gasteiger partial charge in [-0.3, -0.25) is 5.43 Å². The number of hydrogen-bond acceptors (Lipinski definition) is 4. The van der Waals surface area contributed by atoms with Crippen molar-refractivity contribution in [3.8, 4) is 0 Å². The maximum Gasteiger partial charge on any atom is 0.332 e. The summed E-state index contributed by atoms with van der Waals surface area (Å²) in [4.78, 5) is 24.6. The Morgan fingerprint density at radius 3 is 2.35 bits per heavy atom. The Morgan fingerprint density at radius 1 is 1.20 bits per heavy atom. The molecule has 2 aliphatic heterocycles. The van der Waals surface area contributed by atoms with Crippen LogP contribution in [0.25, 0.3) is 0 Å². The molecule has 2 amide bonds. The van der Waals surface area contributed by atoms with Gasteiger partial charge in [0.15, 0.2) is 0 Å². The fourth-order valence-electron chi connectivity index (χ4n) is 3.09. The number of aliphatic carboxylic acids is 1. The number of nitrogens with zero attached hydrogens (tertiary/aromatic N) is 2. The van der Waals surface area contributed by atoms with Crippen LogP contribution in [0.5, 0.6) is 0 Å². The zero-order chi connectivity index (χ0) is 14.9. The predicted octanol–water partition coefficient (Wildman–Crippen LogP) is 0.394. The van der Waals surface area contributed by atoms with Gasteiger partial charge in [0, 0.05) is 25.0 Å². The van der Waals surface area contributed by atoms with Gasteiger partial charge in [-0.15, -0.1) is 0 Å². The van der Waals surface area contributed by atoms with Crippen LogP contribution in [0.2, 0.25) is 0 Å². The molecular weight excluding hydrogens is 262 g/mol. The number of β-amino-alcohol motifs (C(OH)–C–C–N with tert-alkyl or cyclic N) is 1. The molecule has 0 aromatic carbocycles. The second-order valence-electron chi connectivity index (χ2n) is 5.85. The minimum Gasteiger partial charge on any atom is -0.480 e. The fraction of sp³-hybridized carbons (Fsp3) is 0.846. The molecule has 2 heterocycles. The van der Waals surface area contributed by atoms with Crippen LogP contribution in [0.3, 0.4) is 0 Å². The molecule has 0 bridgehead atoms. The molecule has 7 nitrogen and oxygen atoms in total. The first kappa shape index (κ1) is 15.1. The second kappa shape index (κ2) is 5.97. The number of hydrogen-bond donors (Lipinski definition) is 3. The summed E-state index contributed by atoms with van der Waals surface area (Å²) in [5, 5.41) is 20.6. The van der Waals surface area contributed by atoms with E-state index in [1.165, 1.54) is 4.90 Å². The fourth-order valence-corrected chi connectivity index (χ4v) is 3.09. The van der Waals surface area contributed by atoms with E-state index in [-0.39, 0.29) is 25.0 Å². The molecule has 0 aliphatic carbocycles. The number of urea groups is 1. The zero-order valence-corrected chi connectivity index (χ0v) is 12.0. The van der Waals surface area contributed by atoms with Crippen molar-refractivity contribution in [3.05, 3.63) is 0 Å². The van der Waals surface area contributed by atoms with Crippen LogP contribution in [0.1, 0.15) is 39.5 Å². The number of piperidine rings is 1. The van der Waals surface area contributed by atoms with Crippen molar-refractivity contribution in [2.24, 2.45) is 0 Å². The maximum atomic E-state index is 12.3. The highest BCUT2D eigenvalue weighted by Crippen LogP contribution is 2.22. The number of nitrogens with one attached hydrogen (secondary N) is 1. The van der Waals surface area contributed by atoms with Gasteiger partial charge in [-0.25, -0.2) is 14.6 Å². The molecule has 0 aromatic rings. The van der Waals surface area contributed by atoms with E-state index in [1.54, 1.807) is 0 Å². The summed E-state index contributed by atoms with van der Waals surface area (Å²) >= 11 is 0. The highest BCUT2D eigenvalue weighted by molar-refractivity contribution is 5.83. The van der Waals surface area contributed by atoms with Crippen LogP contribution in [-0.4, -0.2) is 62.9 Å². The first-order valence-corrected chi connectivity index (χ1v) is 7.16. The minimum atomic E-state index is -1.07. The van der Waals surface area contributed by atoms with Gasteiger partial charge in [-0.2, -0.15) is 0 Å². The molecule has 7 heteroatoms. The van der Waals surface area contributed by atoms with Crippen molar-refractivity contribution in [1.29, 1.82) is 0 Å². The van der Waals surface area contributed by atoms with Crippen molar-refractivity contribution < 1.29 is 19.8 Å². The van der Waals surface area contributed by atoms with Crippen LogP contribution in [-0.2, 0) is 4.79 Å². The van der Waals surface area contributed by atoms with E-state index in [9.17, 15) is 14.7 Å². The number of aliphatic hydroxyl groups excluding tert-OH is 1. The Bertz CT molecular complexity index is 380. The summed E-state index contributed by atoms with van der Waals surface area (Å²) < 4.78 is 0. The van der Waals surface area contributed by atoms with Crippen molar-refractivity contribution >= 4 is 12.0 Å². The van der Waals surface area contributed by atoms with Gasteiger partial charge in [0.25, 0.3) is 0 Å². The van der Waals surface area contributed by atoms with E-state index < -0.39 is 24.1 Å². The molecular formula is C13H23N3O4. The van der Waals surface area contributed by atoms with Crippen LogP contribution in [0.15, 0.2) is 0 Å². The molecule has 20 heavy (non-hydrogen) atoms. The third kappa shape index (κ3) is 3.04. The van der Waals surface area contributed by atoms with E-state index in [2.05, 4.69) is 5.43 Å². The normalized spacial score (nSPS) is 35.0. The van der Waals surface area contributed by atoms with Gasteiger partial charge in [-0.05, 0) is 26.7 Å². The molecule has 0 saturated carbocycles.